The van der Waals surface area contributed by atoms with Crippen LogP contribution in [0.1, 0.15) is 63.4 Å². The quantitative estimate of drug-likeness (QED) is 0.749. The minimum Gasteiger partial charge on any atom is -0.388 e. The molecule has 2 aliphatic heterocycles. The molecule has 0 spiro atoms. The molecule has 1 saturated carbocycles. The van der Waals surface area contributed by atoms with Crippen LogP contribution >= 0.6 is 0 Å². The van der Waals surface area contributed by atoms with E-state index < -0.39 is 5.60 Å². The van der Waals surface area contributed by atoms with Crippen LogP contribution in [0.25, 0.3) is 0 Å². The molecule has 2 saturated heterocycles. The lowest BCUT2D eigenvalue weighted by molar-refractivity contribution is -0.128. The predicted molar refractivity (Wildman–Crippen MR) is 118 cm³/mol. The summed E-state index contributed by atoms with van der Waals surface area (Å²) >= 11 is 0. The molecule has 2 N–H and O–H groups in total. The van der Waals surface area contributed by atoms with E-state index in [9.17, 15) is 9.90 Å². The topological polar surface area (TPSA) is 68.7 Å². The number of pyridine rings is 1. The van der Waals surface area contributed by atoms with Crippen LogP contribution in [0.2, 0.25) is 0 Å². The molecule has 6 nitrogen and oxygen atoms in total. The largest absolute Gasteiger partial charge is 0.388 e. The van der Waals surface area contributed by atoms with Gasteiger partial charge in [0.25, 0.3) is 0 Å². The maximum atomic E-state index is 12.8. The Morgan fingerprint density at radius 2 is 1.80 bits per heavy atom. The second-order valence-electron chi connectivity index (χ2n) is 9.70. The molecule has 3 heterocycles. The van der Waals surface area contributed by atoms with Gasteiger partial charge in [-0.25, -0.2) is 0 Å². The summed E-state index contributed by atoms with van der Waals surface area (Å²) in [6, 6.07) is 4.80. The van der Waals surface area contributed by atoms with E-state index in [2.05, 4.69) is 32.2 Å². The van der Waals surface area contributed by atoms with Gasteiger partial charge in [0.1, 0.15) is 0 Å². The summed E-state index contributed by atoms with van der Waals surface area (Å²) in [5.74, 6) is 0.217. The zero-order chi connectivity index (χ0) is 20.8. The summed E-state index contributed by atoms with van der Waals surface area (Å²) in [6.45, 7) is 5.65. The van der Waals surface area contributed by atoms with Crippen molar-refractivity contribution in [1.29, 1.82) is 0 Å². The Labute approximate surface area is 181 Å². The molecule has 0 bridgehead atoms. The van der Waals surface area contributed by atoms with Gasteiger partial charge in [0.2, 0.25) is 5.91 Å². The van der Waals surface area contributed by atoms with Crippen LogP contribution < -0.4 is 5.32 Å². The van der Waals surface area contributed by atoms with Gasteiger partial charge in [-0.2, -0.15) is 0 Å². The number of hydrogen-bond acceptors (Lipinski definition) is 5. The van der Waals surface area contributed by atoms with Crippen molar-refractivity contribution in [2.24, 2.45) is 5.92 Å². The summed E-state index contributed by atoms with van der Waals surface area (Å²) in [4.78, 5) is 22.0. The zero-order valence-corrected chi connectivity index (χ0v) is 18.3. The van der Waals surface area contributed by atoms with Gasteiger partial charge < -0.3 is 10.4 Å². The number of aromatic nitrogens is 1. The fourth-order valence-corrected chi connectivity index (χ4v) is 5.52. The van der Waals surface area contributed by atoms with E-state index in [4.69, 9.17) is 0 Å². The van der Waals surface area contributed by atoms with Gasteiger partial charge in [-0.05, 0) is 75.9 Å². The number of nitrogens with one attached hydrogen (secondary N) is 1. The Bertz CT molecular complexity index is 669. The second kappa shape index (κ2) is 10.2. The smallest absolute Gasteiger partial charge is 0.224 e. The first-order chi connectivity index (χ1) is 14.6. The molecule has 1 atom stereocenters. The van der Waals surface area contributed by atoms with E-state index in [-0.39, 0.29) is 11.8 Å². The lowest BCUT2D eigenvalue weighted by Gasteiger charge is -2.42. The predicted octanol–water partition coefficient (Wildman–Crippen LogP) is 2.57. The Morgan fingerprint density at radius 1 is 1.07 bits per heavy atom. The van der Waals surface area contributed by atoms with Gasteiger partial charge in [-0.15, -0.1) is 0 Å². The molecule has 6 heteroatoms. The first-order valence-electron chi connectivity index (χ1n) is 12.0. The minimum absolute atomic E-state index is 0.0702. The van der Waals surface area contributed by atoms with E-state index in [1.807, 2.05) is 12.4 Å². The van der Waals surface area contributed by atoms with Gasteiger partial charge in [0.15, 0.2) is 0 Å². The normalized spacial score (nSPS) is 26.4. The number of likely N-dealkylation sites (tertiary alicyclic amines) is 2. The molecular formula is C24H38N4O2. The third-order valence-corrected chi connectivity index (χ3v) is 7.43. The van der Waals surface area contributed by atoms with E-state index in [0.717, 1.165) is 71.2 Å². The third kappa shape index (κ3) is 5.80. The van der Waals surface area contributed by atoms with E-state index in [0.29, 0.717) is 12.6 Å². The van der Waals surface area contributed by atoms with Gasteiger partial charge in [0, 0.05) is 38.1 Å². The van der Waals surface area contributed by atoms with Crippen LogP contribution in [0.5, 0.6) is 0 Å². The second-order valence-corrected chi connectivity index (χ2v) is 9.70. The lowest BCUT2D eigenvalue weighted by Crippen LogP contribution is -2.52. The Hall–Kier alpha value is -1.50. The highest BCUT2D eigenvalue weighted by atomic mass is 16.3. The standard InChI is InChI=1S/C24H38N4O2/c29-23(26-19-24(30)10-2-1-3-11-24)21-5-4-14-28(18-21)22-8-15-27(16-9-22)17-20-6-12-25-13-7-20/h6-7,12-13,21-22,30H,1-5,8-11,14-19H2,(H,26,29). The summed E-state index contributed by atoms with van der Waals surface area (Å²) in [6.07, 6.45) is 13.2. The lowest BCUT2D eigenvalue weighted by atomic mass is 9.84. The summed E-state index contributed by atoms with van der Waals surface area (Å²) in [5, 5.41) is 13.8. The molecule has 1 aromatic rings. The molecule has 1 aliphatic carbocycles. The zero-order valence-electron chi connectivity index (χ0n) is 18.3. The van der Waals surface area contributed by atoms with Crippen molar-refractivity contribution in [3.8, 4) is 0 Å². The number of nitrogens with zero attached hydrogens (tertiary/aromatic N) is 3. The molecule has 1 aromatic heterocycles. The number of carbonyl (C=O) groups is 1. The number of piperidine rings is 2. The highest BCUT2D eigenvalue weighted by Gasteiger charge is 2.34. The van der Waals surface area contributed by atoms with Crippen molar-refractivity contribution in [3.63, 3.8) is 0 Å². The molecule has 1 unspecified atom stereocenters. The van der Waals surface area contributed by atoms with E-state index in [1.54, 1.807) is 0 Å². The van der Waals surface area contributed by atoms with Crippen LogP contribution in [0.4, 0.5) is 0 Å². The molecule has 0 aromatic carbocycles. The summed E-state index contributed by atoms with van der Waals surface area (Å²) in [5.41, 5.74) is 0.655. The van der Waals surface area contributed by atoms with Crippen LogP contribution in [-0.4, -0.2) is 70.2 Å². The monoisotopic (exact) mass is 414 g/mol. The number of aliphatic hydroxyl groups is 1. The fourth-order valence-electron chi connectivity index (χ4n) is 5.52. The van der Waals surface area contributed by atoms with Gasteiger partial charge in [0.05, 0.1) is 11.5 Å². The van der Waals surface area contributed by atoms with Crippen LogP contribution in [0.3, 0.4) is 0 Å². The maximum absolute atomic E-state index is 12.8. The highest BCUT2D eigenvalue weighted by Crippen LogP contribution is 2.28. The van der Waals surface area contributed by atoms with Crippen molar-refractivity contribution in [2.45, 2.75) is 76.0 Å². The third-order valence-electron chi connectivity index (χ3n) is 7.43. The molecule has 3 aliphatic rings. The van der Waals surface area contributed by atoms with Gasteiger partial charge in [-0.1, -0.05) is 19.3 Å². The SMILES string of the molecule is O=C(NCC1(O)CCCCC1)C1CCCN(C2CCN(Cc3ccncc3)CC2)C1. The Balaban J connectivity index is 1.21. The molecule has 4 rings (SSSR count). The van der Waals surface area contributed by atoms with E-state index >= 15 is 0 Å². The molecule has 166 valence electrons. The highest BCUT2D eigenvalue weighted by molar-refractivity contribution is 5.79. The number of amides is 1. The van der Waals surface area contributed by atoms with Crippen LogP contribution in [0, 0.1) is 5.92 Å². The van der Waals surface area contributed by atoms with Crippen LogP contribution in [0.15, 0.2) is 24.5 Å². The minimum atomic E-state index is -0.677. The van der Waals surface area contributed by atoms with Crippen molar-refractivity contribution < 1.29 is 9.90 Å². The molecule has 30 heavy (non-hydrogen) atoms. The van der Waals surface area contributed by atoms with E-state index in [1.165, 1.54) is 24.8 Å². The average Bonchev–Trinajstić information content (AvgIpc) is 2.79. The Morgan fingerprint density at radius 3 is 2.53 bits per heavy atom. The molecule has 3 fully saturated rings. The van der Waals surface area contributed by atoms with Crippen molar-refractivity contribution in [2.75, 3.05) is 32.7 Å². The molecule has 0 radical (unpaired) electrons. The average molecular weight is 415 g/mol. The maximum Gasteiger partial charge on any atom is 0.224 e. The van der Waals surface area contributed by atoms with Crippen molar-refractivity contribution in [3.05, 3.63) is 30.1 Å². The molecule has 1 amide bonds. The number of carbonyl (C=O) groups excluding carboxylic acids is 1. The van der Waals surface area contributed by atoms with Gasteiger partial charge >= 0.3 is 0 Å². The van der Waals surface area contributed by atoms with Crippen molar-refractivity contribution >= 4 is 5.91 Å². The fraction of sp³-hybridized carbons (Fsp3) is 0.750. The first-order valence-corrected chi connectivity index (χ1v) is 12.0. The number of rotatable bonds is 6. The summed E-state index contributed by atoms with van der Waals surface area (Å²) < 4.78 is 0. The summed E-state index contributed by atoms with van der Waals surface area (Å²) in [7, 11) is 0. The van der Waals surface area contributed by atoms with Gasteiger partial charge in [-0.3, -0.25) is 19.6 Å². The number of hydrogen-bond donors (Lipinski definition) is 2. The first kappa shape index (κ1) is 21.7. The Kier molecular flexibility index (Phi) is 7.39. The van der Waals surface area contributed by atoms with Crippen molar-refractivity contribution in [1.82, 2.24) is 20.1 Å². The molecular weight excluding hydrogens is 376 g/mol. The van der Waals surface area contributed by atoms with Crippen LogP contribution in [-0.2, 0) is 11.3 Å².